The average molecular weight is 427 g/mol. The lowest BCUT2D eigenvalue weighted by atomic mass is 9.80. The smallest absolute Gasteiger partial charge is 0.206 e. The number of phenols is 1. The molecule has 0 radical (unpaired) electrons. The van der Waals surface area contributed by atoms with E-state index in [2.05, 4.69) is 20.8 Å². The van der Waals surface area contributed by atoms with Crippen molar-refractivity contribution in [1.29, 1.82) is 0 Å². The molecule has 4 nitrogen and oxygen atoms in total. The van der Waals surface area contributed by atoms with Crippen LogP contribution in [0, 0.1) is 0 Å². The minimum Gasteiger partial charge on any atom is -0.507 e. The molecule has 0 aliphatic heterocycles. The first kappa shape index (κ1) is 22.3. The van der Waals surface area contributed by atoms with Gasteiger partial charge in [-0.15, -0.1) is 0 Å². The van der Waals surface area contributed by atoms with Gasteiger partial charge < -0.3 is 10.2 Å². The molecule has 5 heteroatoms. The van der Waals surface area contributed by atoms with E-state index in [0.717, 1.165) is 23.1 Å². The van der Waals surface area contributed by atoms with Gasteiger partial charge in [0.05, 0.1) is 9.80 Å². The largest absolute Gasteiger partial charge is 0.507 e. The number of aromatic hydroxyl groups is 1. The van der Waals surface area contributed by atoms with Crippen LogP contribution in [0.3, 0.4) is 0 Å². The zero-order valence-electron chi connectivity index (χ0n) is 17.8. The second-order valence-electron chi connectivity index (χ2n) is 8.78. The van der Waals surface area contributed by atoms with Crippen LogP contribution in [0.5, 0.6) is 5.75 Å². The average Bonchev–Trinajstić information content (AvgIpc) is 2.73. The maximum atomic E-state index is 12.9. The molecule has 0 spiro atoms. The van der Waals surface area contributed by atoms with Crippen molar-refractivity contribution in [2.24, 2.45) is 0 Å². The van der Waals surface area contributed by atoms with E-state index in [1.54, 1.807) is 42.5 Å². The molecule has 160 valence electrons. The molecule has 0 amide bonds. The lowest BCUT2D eigenvalue weighted by Crippen LogP contribution is -2.14. The van der Waals surface area contributed by atoms with Gasteiger partial charge in [-0.1, -0.05) is 63.3 Å². The molecule has 2 aromatic carbocycles. The van der Waals surface area contributed by atoms with Crippen LogP contribution in [0.25, 0.3) is 0 Å². The number of allylic oxidation sites excluding steroid dienone is 3. The van der Waals surface area contributed by atoms with Gasteiger partial charge in [-0.05, 0) is 54.0 Å². The molecule has 1 atom stereocenters. The molecule has 1 aliphatic carbocycles. The third kappa shape index (κ3) is 4.68. The number of benzene rings is 2. The summed E-state index contributed by atoms with van der Waals surface area (Å²) in [7, 11) is -3.55. The Bertz CT molecular complexity index is 1060. The summed E-state index contributed by atoms with van der Waals surface area (Å²) in [6, 6.07) is 12.4. The van der Waals surface area contributed by atoms with E-state index in [1.807, 2.05) is 18.2 Å². The van der Waals surface area contributed by atoms with Crippen LogP contribution >= 0.6 is 0 Å². The van der Waals surface area contributed by atoms with Crippen LogP contribution in [-0.2, 0) is 21.7 Å². The van der Waals surface area contributed by atoms with E-state index in [4.69, 9.17) is 0 Å². The number of aliphatic hydroxyl groups excluding tert-OH is 1. The van der Waals surface area contributed by atoms with Gasteiger partial charge in [0.2, 0.25) is 9.84 Å². The SMILES string of the molecule is CC(C)(C)c1cc(CCCO)cc(C2C=CC(S(=O)(=O)c3ccccc3)=CC2)c1O. The standard InChI is InChI=1S/C25H30O4S/c1-25(2,3)23-17-18(8-7-15-26)16-22(24(23)27)19-11-13-21(14-12-19)30(28,29)20-9-5-4-6-10-20/h4-6,9-11,13-14,16-17,19,26-27H,7-8,12,15H2,1-3H3. The van der Waals surface area contributed by atoms with Gasteiger partial charge in [-0.3, -0.25) is 0 Å². The molecule has 2 aromatic rings. The normalized spacial score (nSPS) is 17.1. The molecule has 1 aliphatic rings. The predicted molar refractivity (Wildman–Crippen MR) is 120 cm³/mol. The number of rotatable bonds is 6. The minimum absolute atomic E-state index is 0.102. The fraction of sp³-hybridized carbons (Fsp3) is 0.360. The van der Waals surface area contributed by atoms with Crippen molar-refractivity contribution >= 4 is 9.84 Å². The monoisotopic (exact) mass is 426 g/mol. The molecule has 0 saturated heterocycles. The first-order chi connectivity index (χ1) is 14.1. The van der Waals surface area contributed by atoms with E-state index in [9.17, 15) is 18.6 Å². The highest BCUT2D eigenvalue weighted by Gasteiger charge is 2.26. The maximum Gasteiger partial charge on any atom is 0.206 e. The van der Waals surface area contributed by atoms with Crippen molar-refractivity contribution in [3.05, 3.63) is 82.3 Å². The number of aryl methyl sites for hydroxylation is 1. The molecule has 1 unspecified atom stereocenters. The van der Waals surface area contributed by atoms with Gasteiger partial charge in [0, 0.05) is 18.1 Å². The Kier molecular flexibility index (Phi) is 6.53. The first-order valence-electron chi connectivity index (χ1n) is 10.3. The van der Waals surface area contributed by atoms with Crippen molar-refractivity contribution in [2.45, 2.75) is 56.3 Å². The summed E-state index contributed by atoms with van der Waals surface area (Å²) >= 11 is 0. The number of hydrogen-bond acceptors (Lipinski definition) is 4. The summed E-state index contributed by atoms with van der Waals surface area (Å²) in [5, 5.41) is 20.2. The third-order valence-electron chi connectivity index (χ3n) is 5.46. The van der Waals surface area contributed by atoms with Crippen molar-refractivity contribution in [3.8, 4) is 5.75 Å². The molecule has 0 heterocycles. The van der Waals surface area contributed by atoms with Crippen LogP contribution in [0.4, 0.5) is 0 Å². The van der Waals surface area contributed by atoms with E-state index >= 15 is 0 Å². The predicted octanol–water partition coefficient (Wildman–Crippen LogP) is 5.02. The quantitative estimate of drug-likeness (QED) is 0.680. The Labute approximate surface area is 179 Å². The Hall–Kier alpha value is -2.37. The number of sulfone groups is 1. The van der Waals surface area contributed by atoms with Gasteiger partial charge in [-0.2, -0.15) is 0 Å². The summed E-state index contributed by atoms with van der Waals surface area (Å²) in [6.45, 7) is 6.29. The number of hydrogen-bond donors (Lipinski definition) is 2. The summed E-state index contributed by atoms with van der Waals surface area (Å²) in [5.41, 5.74) is 2.51. The zero-order chi connectivity index (χ0) is 21.9. The highest BCUT2D eigenvalue weighted by atomic mass is 32.2. The Morgan fingerprint density at radius 3 is 2.37 bits per heavy atom. The topological polar surface area (TPSA) is 74.6 Å². The molecular weight excluding hydrogens is 396 g/mol. The lowest BCUT2D eigenvalue weighted by Gasteiger charge is -2.26. The van der Waals surface area contributed by atoms with Gasteiger partial charge in [-0.25, -0.2) is 8.42 Å². The van der Waals surface area contributed by atoms with Gasteiger partial charge >= 0.3 is 0 Å². The van der Waals surface area contributed by atoms with Crippen LogP contribution in [0.1, 0.15) is 56.2 Å². The highest BCUT2D eigenvalue weighted by molar-refractivity contribution is 7.95. The highest BCUT2D eigenvalue weighted by Crippen LogP contribution is 2.41. The minimum atomic E-state index is -3.55. The van der Waals surface area contributed by atoms with Crippen molar-refractivity contribution < 1.29 is 18.6 Å². The number of phenolic OH excluding ortho intramolecular Hbond substituents is 1. The van der Waals surface area contributed by atoms with E-state index in [-0.39, 0.29) is 33.5 Å². The molecule has 30 heavy (non-hydrogen) atoms. The maximum absolute atomic E-state index is 12.9. The molecule has 0 fully saturated rings. The lowest BCUT2D eigenvalue weighted by molar-refractivity contribution is 0.288. The Morgan fingerprint density at radius 2 is 1.80 bits per heavy atom. The molecular formula is C25H30O4S. The third-order valence-corrected chi connectivity index (χ3v) is 7.28. The fourth-order valence-electron chi connectivity index (χ4n) is 3.77. The summed E-state index contributed by atoms with van der Waals surface area (Å²) < 4.78 is 25.7. The number of aliphatic hydroxyl groups is 1. The summed E-state index contributed by atoms with van der Waals surface area (Å²) in [6.07, 6.45) is 7.14. The van der Waals surface area contributed by atoms with Crippen molar-refractivity contribution in [3.63, 3.8) is 0 Å². The van der Waals surface area contributed by atoms with Crippen LogP contribution in [0.2, 0.25) is 0 Å². The summed E-state index contributed by atoms with van der Waals surface area (Å²) in [4.78, 5) is 0.570. The molecule has 2 N–H and O–H groups in total. The van der Waals surface area contributed by atoms with Crippen LogP contribution < -0.4 is 0 Å². The molecule has 0 bridgehead atoms. The molecule has 0 aromatic heterocycles. The van der Waals surface area contributed by atoms with Crippen molar-refractivity contribution in [1.82, 2.24) is 0 Å². The molecule has 3 rings (SSSR count). The van der Waals surface area contributed by atoms with Gasteiger partial charge in [0.25, 0.3) is 0 Å². The zero-order valence-corrected chi connectivity index (χ0v) is 18.6. The second-order valence-corrected chi connectivity index (χ2v) is 10.7. The van der Waals surface area contributed by atoms with Crippen molar-refractivity contribution in [2.75, 3.05) is 6.61 Å². The Morgan fingerprint density at radius 1 is 1.10 bits per heavy atom. The second kappa shape index (κ2) is 8.78. The van der Waals surface area contributed by atoms with Crippen LogP contribution in [-0.4, -0.2) is 25.2 Å². The summed E-state index contributed by atoms with van der Waals surface area (Å²) in [5.74, 6) is 0.169. The Balaban J connectivity index is 1.94. The van der Waals surface area contributed by atoms with E-state index in [0.29, 0.717) is 12.8 Å². The first-order valence-corrected chi connectivity index (χ1v) is 11.8. The van der Waals surface area contributed by atoms with Crippen LogP contribution in [0.15, 0.2) is 70.5 Å². The molecule has 0 saturated carbocycles. The van der Waals surface area contributed by atoms with Gasteiger partial charge in [0.15, 0.2) is 0 Å². The van der Waals surface area contributed by atoms with E-state index < -0.39 is 9.84 Å². The van der Waals surface area contributed by atoms with E-state index in [1.165, 1.54) is 0 Å². The van der Waals surface area contributed by atoms with Gasteiger partial charge in [0.1, 0.15) is 5.75 Å². The fourth-order valence-corrected chi connectivity index (χ4v) is 5.13.